The molecule has 0 aromatic carbocycles. The van der Waals surface area contributed by atoms with Gasteiger partial charge in [-0.15, -0.1) is 5.92 Å². The number of nitrogens with one attached hydrogen (secondary N) is 1. The first-order chi connectivity index (χ1) is 14.5. The van der Waals surface area contributed by atoms with E-state index in [0.29, 0.717) is 0 Å². The number of hydrogen-bond acceptors (Lipinski definition) is 11. The number of ether oxygens (including phenoxy) is 1. The lowest BCUT2D eigenvalue weighted by Crippen LogP contribution is -2.55. The van der Waals surface area contributed by atoms with Gasteiger partial charge in [-0.05, 0) is 6.92 Å². The number of nitrogens with two attached hydrogens (primary N) is 1. The quantitative estimate of drug-likeness (QED) is 0.142. The lowest BCUT2D eigenvalue weighted by Gasteiger charge is -2.27. The van der Waals surface area contributed by atoms with E-state index in [0.717, 1.165) is 16.8 Å². The summed E-state index contributed by atoms with van der Waals surface area (Å²) >= 11 is 0. The van der Waals surface area contributed by atoms with Gasteiger partial charge >= 0.3 is 29.2 Å². The maximum Gasteiger partial charge on any atom is 0.490 e. The molecule has 2 heterocycles. The van der Waals surface area contributed by atoms with E-state index in [9.17, 15) is 33.3 Å². The van der Waals surface area contributed by atoms with Gasteiger partial charge in [0.05, 0.1) is 6.61 Å². The summed E-state index contributed by atoms with van der Waals surface area (Å²) < 4.78 is 51.6. The van der Waals surface area contributed by atoms with Gasteiger partial charge in [-0.3, -0.25) is 18.9 Å². The van der Waals surface area contributed by atoms with Crippen LogP contribution in [0.1, 0.15) is 13.2 Å². The van der Waals surface area contributed by atoms with Crippen LogP contribution < -0.4 is 17.0 Å². The highest BCUT2D eigenvalue weighted by atomic mass is 31.3. The third kappa shape index (κ3) is 6.53. The van der Waals surface area contributed by atoms with Crippen molar-refractivity contribution in [3.63, 3.8) is 0 Å². The molecule has 6 atom stereocenters. The van der Waals surface area contributed by atoms with Crippen LogP contribution in [0.3, 0.4) is 0 Å². The third-order valence-corrected chi connectivity index (χ3v) is 7.62. The monoisotopic (exact) mass is 521 g/mol. The second-order valence-electron chi connectivity index (χ2n) is 6.18. The molecule has 1 saturated heterocycles. The van der Waals surface area contributed by atoms with Crippen LogP contribution >= 0.6 is 23.5 Å². The molecule has 0 spiro atoms. The number of aliphatic hydroxyl groups excluding tert-OH is 1. The van der Waals surface area contributed by atoms with Crippen LogP contribution in [0.4, 0.5) is 0 Å². The summed E-state index contributed by atoms with van der Waals surface area (Å²) in [6.45, 7) is 0.317. The Kier molecular flexibility index (Phi) is 7.88. The van der Waals surface area contributed by atoms with E-state index < -0.39 is 65.3 Å². The highest BCUT2D eigenvalue weighted by Gasteiger charge is 2.55. The predicted octanol–water partition coefficient (Wildman–Crippen LogP) is -2.14. The van der Waals surface area contributed by atoms with Gasteiger partial charge in [0.2, 0.25) is 0 Å². The normalized spacial score (nSPS) is 29.5. The Morgan fingerprint density at radius 1 is 1.22 bits per heavy atom. The van der Waals surface area contributed by atoms with Crippen molar-refractivity contribution >= 4 is 23.5 Å². The van der Waals surface area contributed by atoms with Crippen LogP contribution in [0.5, 0.6) is 0 Å². The Morgan fingerprint density at radius 2 is 1.84 bits per heavy atom. The number of aromatic nitrogens is 2. The first-order valence-electron chi connectivity index (χ1n) is 8.16. The van der Waals surface area contributed by atoms with E-state index >= 15 is 0 Å². The van der Waals surface area contributed by atoms with Gasteiger partial charge < -0.3 is 35.2 Å². The van der Waals surface area contributed by atoms with Gasteiger partial charge in [-0.1, -0.05) is 5.92 Å². The number of phosphoric acid groups is 3. The Labute approximate surface area is 178 Å². The lowest BCUT2D eigenvalue weighted by atomic mass is 9.91. The predicted molar refractivity (Wildman–Crippen MR) is 101 cm³/mol. The standard InChI is InChI=1S/C12H18N3O14P3/c1-2-4-12(13)9(17)7(27-10(12)15-5-3-8(16)14-11(15)18)6-26-31(22,23)29-32(24,25)28-30(19,20)21/h3,5,7,9-10,17H,6,13H2,1H3,(H,22,23)(H,24,25)(H,14,16,18)(H2,19,20,21)/t7-,9?,10-,12?/m1/s1. The van der Waals surface area contributed by atoms with E-state index in [-0.39, 0.29) is 0 Å². The van der Waals surface area contributed by atoms with E-state index in [2.05, 4.69) is 25.0 Å². The molecule has 1 aliphatic heterocycles. The molecule has 1 fully saturated rings. The van der Waals surface area contributed by atoms with Crippen LogP contribution in [0.2, 0.25) is 0 Å². The zero-order valence-corrected chi connectivity index (χ0v) is 18.6. The number of nitrogens with zero attached hydrogens (tertiary/aromatic N) is 1. The maximum absolute atomic E-state index is 12.1. The van der Waals surface area contributed by atoms with Gasteiger partial charge in [0.15, 0.2) is 11.8 Å². The Bertz CT molecular complexity index is 1180. The van der Waals surface area contributed by atoms with Crippen LogP contribution in [0.15, 0.2) is 21.9 Å². The summed E-state index contributed by atoms with van der Waals surface area (Å²) in [6.07, 6.45) is -3.87. The minimum atomic E-state index is -5.75. The molecule has 20 heteroatoms. The molecule has 0 aliphatic carbocycles. The van der Waals surface area contributed by atoms with Crippen molar-refractivity contribution in [2.24, 2.45) is 5.73 Å². The maximum atomic E-state index is 12.1. The lowest BCUT2D eigenvalue weighted by molar-refractivity contribution is -0.0468. The molecule has 2 rings (SSSR count). The summed E-state index contributed by atoms with van der Waals surface area (Å²) in [5, 5.41) is 10.5. The minimum Gasteiger partial charge on any atom is -0.387 e. The summed E-state index contributed by atoms with van der Waals surface area (Å²) in [5.74, 6) is 4.87. The Morgan fingerprint density at radius 3 is 2.38 bits per heavy atom. The minimum absolute atomic E-state index is 0.738. The number of hydrogen-bond donors (Lipinski definition) is 7. The van der Waals surface area contributed by atoms with E-state index in [1.807, 2.05) is 4.98 Å². The molecule has 4 unspecified atom stereocenters. The fraction of sp³-hybridized carbons (Fsp3) is 0.500. The average Bonchev–Trinajstić information content (AvgIpc) is 2.82. The zero-order valence-electron chi connectivity index (χ0n) is 15.9. The summed E-state index contributed by atoms with van der Waals surface area (Å²) in [6, 6.07) is 0.955. The van der Waals surface area contributed by atoms with E-state index in [1.54, 1.807) is 0 Å². The molecule has 17 nitrogen and oxygen atoms in total. The SMILES string of the molecule is CC#CC1(N)C(O)[C@@H](COP(=O)(O)OP(=O)(O)OP(=O)(O)O)O[C@H]1n1ccc(=O)[nH]c1=O. The van der Waals surface area contributed by atoms with Crippen LogP contribution in [0.25, 0.3) is 0 Å². The second-order valence-corrected chi connectivity index (χ2v) is 10.6. The first-order valence-corrected chi connectivity index (χ1v) is 12.7. The molecule has 1 aromatic rings. The number of rotatable bonds is 8. The summed E-state index contributed by atoms with van der Waals surface area (Å²) in [4.78, 5) is 61.0. The average molecular weight is 521 g/mol. The molecule has 0 amide bonds. The molecule has 0 radical (unpaired) electrons. The highest BCUT2D eigenvalue weighted by Crippen LogP contribution is 2.66. The van der Waals surface area contributed by atoms with Crippen molar-refractivity contribution < 1.29 is 56.3 Å². The third-order valence-electron chi connectivity index (χ3n) is 3.82. The fourth-order valence-corrected chi connectivity index (χ4v) is 5.70. The van der Waals surface area contributed by atoms with Crippen molar-refractivity contribution in [3.05, 3.63) is 33.1 Å². The smallest absolute Gasteiger partial charge is 0.387 e. The van der Waals surface area contributed by atoms with Gasteiger partial charge in [-0.2, -0.15) is 8.62 Å². The van der Waals surface area contributed by atoms with Gasteiger partial charge in [-0.25, -0.2) is 18.5 Å². The van der Waals surface area contributed by atoms with Crippen LogP contribution in [-0.2, 0) is 31.6 Å². The first kappa shape index (κ1) is 26.8. The molecule has 32 heavy (non-hydrogen) atoms. The number of phosphoric ester groups is 1. The van der Waals surface area contributed by atoms with Crippen molar-refractivity contribution in [2.45, 2.75) is 30.9 Å². The van der Waals surface area contributed by atoms with Crippen molar-refractivity contribution in [3.8, 4) is 11.8 Å². The van der Waals surface area contributed by atoms with Crippen molar-refractivity contribution in [1.82, 2.24) is 9.55 Å². The zero-order chi connectivity index (χ0) is 24.5. The molecular weight excluding hydrogens is 503 g/mol. The molecular formula is C12H18N3O14P3. The Balaban J connectivity index is 2.24. The molecule has 0 bridgehead atoms. The number of H-pyrrole nitrogens is 1. The fourth-order valence-electron chi connectivity index (χ4n) is 2.67. The van der Waals surface area contributed by atoms with Crippen molar-refractivity contribution in [1.29, 1.82) is 0 Å². The molecule has 8 N–H and O–H groups in total. The van der Waals surface area contributed by atoms with Crippen LogP contribution in [0, 0.1) is 11.8 Å². The van der Waals surface area contributed by atoms with Gasteiger partial charge in [0, 0.05) is 12.3 Å². The molecule has 1 aromatic heterocycles. The highest BCUT2D eigenvalue weighted by molar-refractivity contribution is 7.66. The number of aromatic amines is 1. The molecule has 0 saturated carbocycles. The van der Waals surface area contributed by atoms with E-state index in [1.165, 1.54) is 6.92 Å². The number of aliphatic hydroxyl groups is 1. The topological polar surface area (TPSA) is 270 Å². The van der Waals surface area contributed by atoms with Crippen LogP contribution in [-0.4, -0.2) is 58.6 Å². The summed E-state index contributed by atoms with van der Waals surface area (Å²) in [5.41, 5.74) is 2.39. The molecule has 1 aliphatic rings. The van der Waals surface area contributed by atoms with E-state index in [4.69, 9.17) is 25.2 Å². The van der Waals surface area contributed by atoms with Gasteiger partial charge in [0.1, 0.15) is 12.2 Å². The van der Waals surface area contributed by atoms with Gasteiger partial charge in [0.25, 0.3) is 5.56 Å². The second kappa shape index (κ2) is 9.41. The van der Waals surface area contributed by atoms with Crippen molar-refractivity contribution in [2.75, 3.05) is 6.61 Å². The Hall–Kier alpha value is -1.47. The largest absolute Gasteiger partial charge is 0.490 e. The summed E-state index contributed by atoms with van der Waals surface area (Å²) in [7, 11) is -16.8. The molecule has 180 valence electrons.